The Balaban J connectivity index is 1.67. The van der Waals surface area contributed by atoms with Crippen LogP contribution in [0.3, 0.4) is 0 Å². The zero-order valence-electron chi connectivity index (χ0n) is 11.2. The van der Waals surface area contributed by atoms with Crippen molar-refractivity contribution in [3.8, 4) is 18.1 Å². The van der Waals surface area contributed by atoms with Crippen molar-refractivity contribution >= 4 is 0 Å². The van der Waals surface area contributed by atoms with Gasteiger partial charge in [-0.3, -0.25) is 0 Å². The van der Waals surface area contributed by atoms with Gasteiger partial charge in [0.2, 0.25) is 0 Å². The van der Waals surface area contributed by atoms with Gasteiger partial charge in [-0.2, -0.15) is 0 Å². The van der Waals surface area contributed by atoms with Crippen LogP contribution in [-0.2, 0) is 11.3 Å². The predicted octanol–water partition coefficient (Wildman–Crippen LogP) is 2.36. The summed E-state index contributed by atoms with van der Waals surface area (Å²) in [6, 6.07) is 8.13. The van der Waals surface area contributed by atoms with Crippen LogP contribution in [0.2, 0.25) is 0 Å². The third-order valence-corrected chi connectivity index (χ3v) is 3.16. The summed E-state index contributed by atoms with van der Waals surface area (Å²) in [5, 5.41) is 3.42. The summed E-state index contributed by atoms with van der Waals surface area (Å²) in [6.45, 7) is 3.29. The lowest BCUT2D eigenvalue weighted by Crippen LogP contribution is -2.25. The van der Waals surface area contributed by atoms with Crippen LogP contribution in [0.1, 0.15) is 24.8 Å². The molecule has 3 nitrogen and oxygen atoms in total. The van der Waals surface area contributed by atoms with Gasteiger partial charge in [0.15, 0.2) is 0 Å². The molecule has 1 aromatic rings. The van der Waals surface area contributed by atoms with Gasteiger partial charge in [0.25, 0.3) is 0 Å². The Hall–Kier alpha value is -1.50. The highest BCUT2D eigenvalue weighted by Gasteiger charge is 2.14. The predicted molar refractivity (Wildman–Crippen MR) is 76.1 cm³/mol. The van der Waals surface area contributed by atoms with Crippen LogP contribution in [0.4, 0.5) is 0 Å². The van der Waals surface area contributed by atoms with E-state index in [1.165, 1.54) is 18.4 Å². The average molecular weight is 259 g/mol. The van der Waals surface area contributed by atoms with Gasteiger partial charge in [0, 0.05) is 26.1 Å². The molecular formula is C16H21NO2. The van der Waals surface area contributed by atoms with E-state index in [2.05, 4.69) is 23.4 Å². The molecule has 0 radical (unpaired) electrons. The van der Waals surface area contributed by atoms with E-state index >= 15 is 0 Å². The van der Waals surface area contributed by atoms with E-state index in [9.17, 15) is 0 Å². The molecule has 1 aliphatic heterocycles. The highest BCUT2D eigenvalue weighted by Crippen LogP contribution is 2.13. The van der Waals surface area contributed by atoms with Gasteiger partial charge in [0.05, 0.1) is 12.7 Å². The highest BCUT2D eigenvalue weighted by atomic mass is 16.5. The normalized spacial score (nSPS) is 18.2. The van der Waals surface area contributed by atoms with E-state index in [0.29, 0.717) is 19.1 Å². The number of hydrogen-bond donors (Lipinski definition) is 1. The topological polar surface area (TPSA) is 30.5 Å². The molecule has 0 aromatic heterocycles. The van der Waals surface area contributed by atoms with Gasteiger partial charge in [-0.25, -0.2) is 0 Å². The Bertz CT molecular complexity index is 402. The summed E-state index contributed by atoms with van der Waals surface area (Å²) in [6.07, 6.45) is 8.58. The van der Waals surface area contributed by atoms with E-state index < -0.39 is 0 Å². The molecule has 0 amide bonds. The zero-order chi connectivity index (χ0) is 13.3. The summed E-state index contributed by atoms with van der Waals surface area (Å²) in [7, 11) is 0. The molecule has 0 aliphatic carbocycles. The molecule has 3 heteroatoms. The fourth-order valence-electron chi connectivity index (χ4n) is 2.11. The second kappa shape index (κ2) is 7.83. The molecule has 1 aromatic carbocycles. The van der Waals surface area contributed by atoms with Gasteiger partial charge in [-0.1, -0.05) is 12.1 Å². The maximum atomic E-state index is 5.57. The Morgan fingerprint density at radius 2 is 2.21 bits per heavy atom. The van der Waals surface area contributed by atoms with Gasteiger partial charge in [0.1, 0.15) is 5.75 Å². The summed E-state index contributed by atoms with van der Waals surface area (Å²) >= 11 is 0. The molecule has 1 atom stereocenters. The molecule has 1 unspecified atom stereocenters. The first-order chi connectivity index (χ1) is 9.38. The zero-order valence-corrected chi connectivity index (χ0v) is 11.2. The molecule has 0 saturated carbocycles. The first-order valence-corrected chi connectivity index (χ1v) is 6.86. The second-order valence-electron chi connectivity index (χ2n) is 4.71. The lowest BCUT2D eigenvalue weighted by molar-refractivity contribution is 0.110. The van der Waals surface area contributed by atoms with Crippen molar-refractivity contribution in [2.75, 3.05) is 19.8 Å². The fourth-order valence-corrected chi connectivity index (χ4v) is 2.11. The van der Waals surface area contributed by atoms with Crippen molar-refractivity contribution in [1.82, 2.24) is 5.32 Å². The molecular weight excluding hydrogens is 238 g/mol. The van der Waals surface area contributed by atoms with Crippen LogP contribution >= 0.6 is 0 Å². The smallest absolute Gasteiger partial charge is 0.119 e. The molecule has 102 valence electrons. The summed E-state index contributed by atoms with van der Waals surface area (Å²) < 4.78 is 11.1. The third kappa shape index (κ3) is 4.94. The van der Waals surface area contributed by atoms with Crippen molar-refractivity contribution in [2.45, 2.75) is 31.9 Å². The standard InChI is InChI=1S/C16H21NO2/c1-2-3-10-18-15-8-6-14(7-9-15)12-17-13-16-5-4-11-19-16/h1,6-9,16-17H,3-5,10-13H2. The number of hydrogen-bond acceptors (Lipinski definition) is 3. The Morgan fingerprint density at radius 3 is 2.89 bits per heavy atom. The van der Waals surface area contributed by atoms with Crippen molar-refractivity contribution in [1.29, 1.82) is 0 Å². The molecule has 1 heterocycles. The number of rotatable bonds is 7. The van der Waals surface area contributed by atoms with E-state index in [1.54, 1.807) is 0 Å². The van der Waals surface area contributed by atoms with Crippen LogP contribution in [0.25, 0.3) is 0 Å². The number of benzene rings is 1. The maximum absolute atomic E-state index is 5.57. The SMILES string of the molecule is C#CCCOc1ccc(CNCC2CCCO2)cc1. The lowest BCUT2D eigenvalue weighted by atomic mass is 10.2. The molecule has 19 heavy (non-hydrogen) atoms. The highest BCUT2D eigenvalue weighted by molar-refractivity contribution is 5.27. The molecule has 1 fully saturated rings. The van der Waals surface area contributed by atoms with Gasteiger partial charge < -0.3 is 14.8 Å². The first kappa shape index (κ1) is 13.9. The van der Waals surface area contributed by atoms with Crippen molar-refractivity contribution in [2.24, 2.45) is 0 Å². The van der Waals surface area contributed by atoms with Gasteiger partial charge >= 0.3 is 0 Å². The quantitative estimate of drug-likeness (QED) is 0.602. The summed E-state index contributed by atoms with van der Waals surface area (Å²) in [5.74, 6) is 3.43. The first-order valence-electron chi connectivity index (χ1n) is 6.86. The summed E-state index contributed by atoms with van der Waals surface area (Å²) in [4.78, 5) is 0. The largest absolute Gasteiger partial charge is 0.493 e. The van der Waals surface area contributed by atoms with Crippen molar-refractivity contribution < 1.29 is 9.47 Å². The third-order valence-electron chi connectivity index (χ3n) is 3.16. The van der Waals surface area contributed by atoms with Crippen LogP contribution in [-0.4, -0.2) is 25.9 Å². The molecule has 1 saturated heterocycles. The molecule has 2 rings (SSSR count). The number of ether oxygens (including phenoxy) is 2. The van der Waals surface area contributed by atoms with Crippen LogP contribution in [0.5, 0.6) is 5.75 Å². The van der Waals surface area contributed by atoms with E-state index in [4.69, 9.17) is 15.9 Å². The van der Waals surface area contributed by atoms with Gasteiger partial charge in [-0.15, -0.1) is 12.3 Å². The Kier molecular flexibility index (Phi) is 5.74. The van der Waals surface area contributed by atoms with Crippen LogP contribution in [0.15, 0.2) is 24.3 Å². The minimum atomic E-state index is 0.395. The maximum Gasteiger partial charge on any atom is 0.119 e. The van der Waals surface area contributed by atoms with Crippen molar-refractivity contribution in [3.63, 3.8) is 0 Å². The lowest BCUT2D eigenvalue weighted by Gasteiger charge is -2.11. The summed E-state index contributed by atoms with van der Waals surface area (Å²) in [5.41, 5.74) is 1.25. The Labute approximate surface area is 115 Å². The second-order valence-corrected chi connectivity index (χ2v) is 4.71. The Morgan fingerprint density at radius 1 is 1.37 bits per heavy atom. The molecule has 0 bridgehead atoms. The monoisotopic (exact) mass is 259 g/mol. The molecule has 1 N–H and O–H groups in total. The number of terminal acetylenes is 1. The van der Waals surface area contributed by atoms with Gasteiger partial charge in [-0.05, 0) is 30.5 Å². The molecule has 0 spiro atoms. The van der Waals surface area contributed by atoms with Crippen LogP contribution in [0, 0.1) is 12.3 Å². The average Bonchev–Trinajstić information content (AvgIpc) is 2.94. The fraction of sp³-hybridized carbons (Fsp3) is 0.500. The van der Waals surface area contributed by atoms with Crippen LogP contribution < -0.4 is 10.1 Å². The minimum Gasteiger partial charge on any atom is -0.493 e. The van der Waals surface area contributed by atoms with Crippen molar-refractivity contribution in [3.05, 3.63) is 29.8 Å². The minimum absolute atomic E-state index is 0.395. The van der Waals surface area contributed by atoms with E-state index in [0.717, 1.165) is 25.4 Å². The molecule has 1 aliphatic rings. The van der Waals surface area contributed by atoms with E-state index in [1.807, 2.05) is 12.1 Å². The number of nitrogens with one attached hydrogen (secondary N) is 1. The van der Waals surface area contributed by atoms with E-state index in [-0.39, 0.29) is 0 Å².